The van der Waals surface area contributed by atoms with E-state index in [2.05, 4.69) is 34.7 Å². The number of ether oxygens (including phenoxy) is 1. The smallest absolute Gasteiger partial charge is 0.337 e. The fourth-order valence-electron chi connectivity index (χ4n) is 2.46. The lowest BCUT2D eigenvalue weighted by molar-refractivity contribution is 0.0600. The van der Waals surface area contributed by atoms with Gasteiger partial charge in [0.25, 0.3) is 0 Å². The summed E-state index contributed by atoms with van der Waals surface area (Å²) in [4.78, 5) is 13.8. The van der Waals surface area contributed by atoms with Crippen LogP contribution >= 0.6 is 15.9 Å². The molecule has 0 aromatic heterocycles. The number of methoxy groups -OCH3 is 1. The number of rotatable bonds is 8. The van der Waals surface area contributed by atoms with Crippen LogP contribution in [-0.2, 0) is 11.3 Å². The fourth-order valence-corrected chi connectivity index (χ4v) is 2.97. The number of aliphatic hydroxyl groups is 1. The minimum Gasteiger partial charge on any atom is -0.465 e. The largest absolute Gasteiger partial charge is 0.465 e. The molecule has 1 rings (SSSR count). The average Bonchev–Trinajstić information content (AvgIpc) is 2.49. The molecule has 0 aliphatic rings. The summed E-state index contributed by atoms with van der Waals surface area (Å²) >= 11 is 3.52. The zero-order valence-electron chi connectivity index (χ0n) is 12.9. The van der Waals surface area contributed by atoms with Crippen LogP contribution < -0.4 is 0 Å². The zero-order valence-corrected chi connectivity index (χ0v) is 14.5. The molecule has 0 aliphatic heterocycles. The first kappa shape index (κ1) is 18.1. The Kier molecular flexibility index (Phi) is 7.93. The summed E-state index contributed by atoms with van der Waals surface area (Å²) in [6.07, 6.45) is 2.10. The summed E-state index contributed by atoms with van der Waals surface area (Å²) < 4.78 is 5.61. The minimum absolute atomic E-state index is 0.147. The number of halogens is 1. The molecule has 1 aromatic rings. The summed E-state index contributed by atoms with van der Waals surface area (Å²) in [6, 6.07) is 5.94. The highest BCUT2D eigenvalue weighted by Crippen LogP contribution is 2.22. The van der Waals surface area contributed by atoms with Gasteiger partial charge in [0.2, 0.25) is 0 Å². The molecule has 0 heterocycles. The van der Waals surface area contributed by atoms with Gasteiger partial charge < -0.3 is 9.84 Å². The van der Waals surface area contributed by atoms with Crippen molar-refractivity contribution in [3.63, 3.8) is 0 Å². The Morgan fingerprint density at radius 2 is 2.05 bits per heavy atom. The van der Waals surface area contributed by atoms with Crippen molar-refractivity contribution >= 4 is 21.9 Å². The summed E-state index contributed by atoms with van der Waals surface area (Å²) in [5, 5.41) is 9.26. The van der Waals surface area contributed by atoms with Gasteiger partial charge in [-0.15, -0.1) is 0 Å². The number of carbonyl (C=O) groups excluding carboxylic acids is 1. The van der Waals surface area contributed by atoms with Crippen LogP contribution in [0.4, 0.5) is 0 Å². The number of benzene rings is 1. The molecule has 0 radical (unpaired) electrons. The Hall–Kier alpha value is -0.910. The first-order valence-corrected chi connectivity index (χ1v) is 8.08. The molecule has 0 saturated carbocycles. The standard InChI is InChI=1S/C16H24BrNO3/c1-4-14(5-2)18(8-9-19)11-13-7-6-12(10-15(13)17)16(20)21-3/h6-7,10,14,19H,4-5,8-9,11H2,1-3H3. The van der Waals surface area contributed by atoms with E-state index in [1.165, 1.54) is 7.11 Å². The third-order valence-corrected chi connectivity index (χ3v) is 4.43. The second-order valence-corrected chi connectivity index (χ2v) is 5.82. The quantitative estimate of drug-likeness (QED) is 0.725. The summed E-state index contributed by atoms with van der Waals surface area (Å²) in [5.41, 5.74) is 1.63. The number of nitrogens with zero attached hydrogens (tertiary/aromatic N) is 1. The van der Waals surface area contributed by atoms with Gasteiger partial charge in [0.1, 0.15) is 0 Å². The van der Waals surface area contributed by atoms with Crippen molar-refractivity contribution in [1.29, 1.82) is 0 Å². The van der Waals surface area contributed by atoms with E-state index in [4.69, 9.17) is 4.74 Å². The molecule has 0 spiro atoms. The second kappa shape index (κ2) is 9.18. The van der Waals surface area contributed by atoms with Crippen molar-refractivity contribution in [3.05, 3.63) is 33.8 Å². The molecule has 0 saturated heterocycles. The fraction of sp³-hybridized carbons (Fsp3) is 0.562. The van der Waals surface area contributed by atoms with Crippen LogP contribution in [0.25, 0.3) is 0 Å². The van der Waals surface area contributed by atoms with Gasteiger partial charge in [-0.05, 0) is 30.5 Å². The number of carbonyl (C=O) groups is 1. The average molecular weight is 358 g/mol. The first-order chi connectivity index (χ1) is 10.1. The molecular weight excluding hydrogens is 334 g/mol. The van der Waals surface area contributed by atoms with Crippen LogP contribution in [-0.4, -0.2) is 42.3 Å². The van der Waals surface area contributed by atoms with Gasteiger partial charge in [-0.1, -0.05) is 35.8 Å². The topological polar surface area (TPSA) is 49.8 Å². The first-order valence-electron chi connectivity index (χ1n) is 7.28. The van der Waals surface area contributed by atoms with E-state index in [1.807, 2.05) is 6.07 Å². The predicted octanol–water partition coefficient (Wildman–Crippen LogP) is 3.22. The van der Waals surface area contributed by atoms with Crippen molar-refractivity contribution in [1.82, 2.24) is 4.90 Å². The Bertz CT molecular complexity index is 461. The number of hydrogen-bond acceptors (Lipinski definition) is 4. The maximum Gasteiger partial charge on any atom is 0.337 e. The third-order valence-electron chi connectivity index (χ3n) is 3.69. The van der Waals surface area contributed by atoms with E-state index in [0.717, 1.165) is 29.4 Å². The SMILES string of the molecule is CCC(CC)N(CCO)Cc1ccc(C(=O)OC)cc1Br. The van der Waals surface area contributed by atoms with Crippen molar-refractivity contribution in [3.8, 4) is 0 Å². The van der Waals surface area contributed by atoms with Crippen LogP contribution in [0.3, 0.4) is 0 Å². The molecule has 0 amide bonds. The normalized spacial score (nSPS) is 11.2. The van der Waals surface area contributed by atoms with E-state index in [-0.39, 0.29) is 12.6 Å². The molecular formula is C16H24BrNO3. The van der Waals surface area contributed by atoms with Crippen LogP contribution in [0.15, 0.2) is 22.7 Å². The second-order valence-electron chi connectivity index (χ2n) is 4.96. The van der Waals surface area contributed by atoms with E-state index in [1.54, 1.807) is 12.1 Å². The maximum absolute atomic E-state index is 11.5. The molecule has 0 aliphatic carbocycles. The molecule has 0 atom stereocenters. The van der Waals surface area contributed by atoms with Crippen LogP contribution in [0.2, 0.25) is 0 Å². The van der Waals surface area contributed by atoms with Gasteiger partial charge in [0.05, 0.1) is 19.3 Å². The van der Waals surface area contributed by atoms with E-state index in [0.29, 0.717) is 18.2 Å². The number of esters is 1. The number of aliphatic hydroxyl groups excluding tert-OH is 1. The third kappa shape index (κ3) is 5.09. The van der Waals surface area contributed by atoms with Crippen molar-refractivity contribution in [2.75, 3.05) is 20.3 Å². The van der Waals surface area contributed by atoms with Crippen molar-refractivity contribution in [2.45, 2.75) is 39.3 Å². The molecule has 1 aromatic carbocycles. The highest BCUT2D eigenvalue weighted by atomic mass is 79.9. The maximum atomic E-state index is 11.5. The summed E-state index contributed by atoms with van der Waals surface area (Å²) in [6.45, 7) is 5.86. The number of hydrogen-bond donors (Lipinski definition) is 1. The van der Waals surface area contributed by atoms with Gasteiger partial charge in [0, 0.05) is 23.6 Å². The molecule has 1 N–H and O–H groups in total. The van der Waals surface area contributed by atoms with Gasteiger partial charge in [0.15, 0.2) is 0 Å². The lowest BCUT2D eigenvalue weighted by Gasteiger charge is -2.30. The van der Waals surface area contributed by atoms with Gasteiger partial charge in [-0.3, -0.25) is 4.90 Å². The van der Waals surface area contributed by atoms with Crippen molar-refractivity contribution < 1.29 is 14.6 Å². The molecule has 21 heavy (non-hydrogen) atoms. The van der Waals surface area contributed by atoms with E-state index < -0.39 is 0 Å². The summed E-state index contributed by atoms with van der Waals surface area (Å²) in [7, 11) is 1.38. The minimum atomic E-state index is -0.338. The highest BCUT2D eigenvalue weighted by molar-refractivity contribution is 9.10. The molecule has 0 fully saturated rings. The van der Waals surface area contributed by atoms with Crippen molar-refractivity contribution in [2.24, 2.45) is 0 Å². The van der Waals surface area contributed by atoms with E-state index in [9.17, 15) is 9.90 Å². The Balaban J connectivity index is 2.91. The molecule has 4 nitrogen and oxygen atoms in total. The van der Waals surface area contributed by atoms with Gasteiger partial charge in [-0.2, -0.15) is 0 Å². The van der Waals surface area contributed by atoms with Crippen LogP contribution in [0, 0.1) is 0 Å². The van der Waals surface area contributed by atoms with Crippen LogP contribution in [0.1, 0.15) is 42.6 Å². The highest BCUT2D eigenvalue weighted by Gasteiger charge is 2.17. The summed E-state index contributed by atoms with van der Waals surface area (Å²) in [5.74, 6) is -0.338. The monoisotopic (exact) mass is 357 g/mol. The molecule has 5 heteroatoms. The van der Waals surface area contributed by atoms with Gasteiger partial charge in [-0.25, -0.2) is 4.79 Å². The zero-order chi connectivity index (χ0) is 15.8. The lowest BCUT2D eigenvalue weighted by atomic mass is 10.1. The Labute approximate surface area is 135 Å². The Morgan fingerprint density at radius 3 is 2.52 bits per heavy atom. The predicted molar refractivity (Wildman–Crippen MR) is 87.3 cm³/mol. The lowest BCUT2D eigenvalue weighted by Crippen LogP contribution is -2.36. The molecule has 0 bridgehead atoms. The molecule has 0 unspecified atom stereocenters. The van der Waals surface area contributed by atoms with Crippen LogP contribution in [0.5, 0.6) is 0 Å². The van der Waals surface area contributed by atoms with E-state index >= 15 is 0 Å². The Morgan fingerprint density at radius 1 is 1.38 bits per heavy atom. The molecule has 118 valence electrons. The van der Waals surface area contributed by atoms with Gasteiger partial charge >= 0.3 is 5.97 Å².